The molecule has 1 aromatic carbocycles. The van der Waals surface area contributed by atoms with E-state index in [1.54, 1.807) is 36.2 Å². The van der Waals surface area contributed by atoms with Crippen LogP contribution in [0.3, 0.4) is 0 Å². The molecule has 98 valence electrons. The molecule has 0 aliphatic heterocycles. The van der Waals surface area contributed by atoms with Gasteiger partial charge in [-0.05, 0) is 18.2 Å². The van der Waals surface area contributed by atoms with Gasteiger partial charge in [0.25, 0.3) is 0 Å². The number of hydrogen-bond donors (Lipinski definition) is 2. The van der Waals surface area contributed by atoms with Crippen molar-refractivity contribution in [3.8, 4) is 0 Å². The average Bonchev–Trinajstić information content (AvgIpc) is 2.46. The SMILES string of the molecule is CNc1cc(N(C)c2cccc(C(=O)O)c2)ncn1. The molecule has 0 bridgehead atoms. The van der Waals surface area contributed by atoms with Gasteiger partial charge in [-0.15, -0.1) is 0 Å². The number of aromatic nitrogens is 2. The van der Waals surface area contributed by atoms with Crippen LogP contribution in [0.15, 0.2) is 36.7 Å². The van der Waals surface area contributed by atoms with Crippen LogP contribution in [-0.4, -0.2) is 35.1 Å². The molecule has 0 spiro atoms. The molecular weight excluding hydrogens is 244 g/mol. The molecule has 0 atom stereocenters. The van der Waals surface area contributed by atoms with E-state index in [0.717, 1.165) is 5.69 Å². The van der Waals surface area contributed by atoms with Crippen molar-refractivity contribution >= 4 is 23.3 Å². The highest BCUT2D eigenvalue weighted by molar-refractivity contribution is 5.89. The molecule has 0 saturated carbocycles. The lowest BCUT2D eigenvalue weighted by Crippen LogP contribution is -2.12. The van der Waals surface area contributed by atoms with Crippen LogP contribution in [0.25, 0.3) is 0 Å². The van der Waals surface area contributed by atoms with E-state index in [1.165, 1.54) is 6.33 Å². The number of carboxylic acid groups (broad SMARTS) is 1. The van der Waals surface area contributed by atoms with Gasteiger partial charge in [-0.3, -0.25) is 0 Å². The Kier molecular flexibility index (Phi) is 3.61. The molecule has 1 aromatic heterocycles. The molecule has 6 heteroatoms. The van der Waals surface area contributed by atoms with Crippen LogP contribution in [0.1, 0.15) is 10.4 Å². The smallest absolute Gasteiger partial charge is 0.335 e. The zero-order valence-corrected chi connectivity index (χ0v) is 10.7. The summed E-state index contributed by atoms with van der Waals surface area (Å²) >= 11 is 0. The quantitative estimate of drug-likeness (QED) is 0.873. The first-order chi connectivity index (χ1) is 9.11. The minimum Gasteiger partial charge on any atom is -0.478 e. The lowest BCUT2D eigenvalue weighted by Gasteiger charge is -2.18. The molecule has 2 N–H and O–H groups in total. The molecule has 0 fully saturated rings. The highest BCUT2D eigenvalue weighted by Crippen LogP contribution is 2.23. The fraction of sp³-hybridized carbons (Fsp3) is 0.154. The normalized spacial score (nSPS) is 10.0. The van der Waals surface area contributed by atoms with E-state index in [0.29, 0.717) is 11.6 Å². The molecule has 0 amide bonds. The topological polar surface area (TPSA) is 78.4 Å². The van der Waals surface area contributed by atoms with Gasteiger partial charge >= 0.3 is 5.97 Å². The van der Waals surface area contributed by atoms with Gasteiger partial charge in [-0.2, -0.15) is 0 Å². The van der Waals surface area contributed by atoms with E-state index in [4.69, 9.17) is 5.11 Å². The van der Waals surface area contributed by atoms with Gasteiger partial charge in [-0.1, -0.05) is 6.07 Å². The number of hydrogen-bond acceptors (Lipinski definition) is 5. The van der Waals surface area contributed by atoms with Crippen molar-refractivity contribution in [1.82, 2.24) is 9.97 Å². The van der Waals surface area contributed by atoms with Gasteiger partial charge in [0, 0.05) is 25.8 Å². The second-order valence-corrected chi connectivity index (χ2v) is 3.93. The number of carboxylic acids is 1. The maximum absolute atomic E-state index is 11.0. The first kappa shape index (κ1) is 12.8. The van der Waals surface area contributed by atoms with Crippen molar-refractivity contribution in [2.75, 3.05) is 24.3 Å². The zero-order chi connectivity index (χ0) is 13.8. The van der Waals surface area contributed by atoms with Crippen LogP contribution in [-0.2, 0) is 0 Å². The average molecular weight is 258 g/mol. The van der Waals surface area contributed by atoms with E-state index >= 15 is 0 Å². The van der Waals surface area contributed by atoms with Crippen LogP contribution in [0.2, 0.25) is 0 Å². The van der Waals surface area contributed by atoms with E-state index in [-0.39, 0.29) is 5.56 Å². The summed E-state index contributed by atoms with van der Waals surface area (Å²) in [7, 11) is 3.60. The predicted molar refractivity (Wildman–Crippen MR) is 73.0 cm³/mol. The van der Waals surface area contributed by atoms with Crippen LogP contribution in [0, 0.1) is 0 Å². The third-order valence-electron chi connectivity index (χ3n) is 2.73. The second-order valence-electron chi connectivity index (χ2n) is 3.93. The predicted octanol–water partition coefficient (Wildman–Crippen LogP) is 1.98. The van der Waals surface area contributed by atoms with Crippen molar-refractivity contribution in [2.45, 2.75) is 0 Å². The number of anilines is 3. The van der Waals surface area contributed by atoms with Crippen molar-refractivity contribution in [2.24, 2.45) is 0 Å². The number of carbonyl (C=O) groups is 1. The van der Waals surface area contributed by atoms with Gasteiger partial charge in [0.15, 0.2) is 0 Å². The molecule has 2 rings (SSSR count). The molecule has 0 aliphatic carbocycles. The summed E-state index contributed by atoms with van der Waals surface area (Å²) in [5, 5.41) is 11.9. The molecule has 0 unspecified atom stereocenters. The van der Waals surface area contributed by atoms with Crippen molar-refractivity contribution < 1.29 is 9.90 Å². The molecule has 19 heavy (non-hydrogen) atoms. The molecule has 0 aliphatic rings. The summed E-state index contributed by atoms with van der Waals surface area (Å²) in [4.78, 5) is 21.0. The summed E-state index contributed by atoms with van der Waals surface area (Å²) in [6.45, 7) is 0. The Labute approximate surface area is 110 Å². The number of nitrogens with zero attached hydrogens (tertiary/aromatic N) is 3. The largest absolute Gasteiger partial charge is 0.478 e. The van der Waals surface area contributed by atoms with Crippen molar-refractivity contribution in [3.63, 3.8) is 0 Å². The zero-order valence-electron chi connectivity index (χ0n) is 10.7. The van der Waals surface area contributed by atoms with Crippen LogP contribution >= 0.6 is 0 Å². The minimum absolute atomic E-state index is 0.243. The van der Waals surface area contributed by atoms with Crippen LogP contribution in [0.4, 0.5) is 17.3 Å². The molecule has 1 heterocycles. The lowest BCUT2D eigenvalue weighted by molar-refractivity contribution is 0.0697. The summed E-state index contributed by atoms with van der Waals surface area (Å²) in [6, 6.07) is 8.47. The van der Waals surface area contributed by atoms with Gasteiger partial charge < -0.3 is 15.3 Å². The number of benzene rings is 1. The summed E-state index contributed by atoms with van der Waals surface area (Å²) < 4.78 is 0. The fourth-order valence-electron chi connectivity index (χ4n) is 1.65. The van der Waals surface area contributed by atoms with Gasteiger partial charge in [0.1, 0.15) is 18.0 Å². The fourth-order valence-corrected chi connectivity index (χ4v) is 1.65. The minimum atomic E-state index is -0.950. The van der Waals surface area contributed by atoms with Crippen LogP contribution < -0.4 is 10.2 Å². The Morgan fingerprint density at radius 2 is 2.11 bits per heavy atom. The maximum Gasteiger partial charge on any atom is 0.335 e. The Morgan fingerprint density at radius 3 is 2.79 bits per heavy atom. The number of nitrogens with one attached hydrogen (secondary N) is 1. The van der Waals surface area contributed by atoms with E-state index in [1.807, 2.05) is 13.1 Å². The second kappa shape index (κ2) is 5.34. The lowest BCUT2D eigenvalue weighted by atomic mass is 10.2. The third kappa shape index (κ3) is 2.79. The number of rotatable bonds is 4. The highest BCUT2D eigenvalue weighted by atomic mass is 16.4. The Bertz CT molecular complexity index is 601. The third-order valence-corrected chi connectivity index (χ3v) is 2.73. The molecule has 0 saturated heterocycles. The molecular formula is C13H14N4O2. The Morgan fingerprint density at radius 1 is 1.32 bits per heavy atom. The Balaban J connectivity index is 2.35. The van der Waals surface area contributed by atoms with Crippen molar-refractivity contribution in [3.05, 3.63) is 42.2 Å². The first-order valence-electron chi connectivity index (χ1n) is 5.68. The molecule has 6 nitrogen and oxygen atoms in total. The maximum atomic E-state index is 11.0. The first-order valence-corrected chi connectivity index (χ1v) is 5.68. The van der Waals surface area contributed by atoms with E-state index in [2.05, 4.69) is 15.3 Å². The summed E-state index contributed by atoms with van der Waals surface area (Å²) in [6.07, 6.45) is 1.46. The number of aromatic carboxylic acids is 1. The Hall–Kier alpha value is -2.63. The molecule has 2 aromatic rings. The van der Waals surface area contributed by atoms with Crippen molar-refractivity contribution in [1.29, 1.82) is 0 Å². The standard InChI is InChI=1S/C13H14N4O2/c1-14-11-7-12(16-8-15-11)17(2)10-5-3-4-9(6-10)13(18)19/h3-8H,1-2H3,(H,18,19)(H,14,15,16). The van der Waals surface area contributed by atoms with Gasteiger partial charge in [-0.25, -0.2) is 14.8 Å². The monoisotopic (exact) mass is 258 g/mol. The summed E-state index contributed by atoms with van der Waals surface area (Å²) in [5.41, 5.74) is 0.993. The van der Waals surface area contributed by atoms with Gasteiger partial charge in [0.2, 0.25) is 0 Å². The molecule has 0 radical (unpaired) electrons. The summed E-state index contributed by atoms with van der Waals surface area (Å²) in [5.74, 6) is 0.432. The van der Waals surface area contributed by atoms with E-state index < -0.39 is 5.97 Å². The van der Waals surface area contributed by atoms with Crippen LogP contribution in [0.5, 0.6) is 0 Å². The van der Waals surface area contributed by atoms with E-state index in [9.17, 15) is 4.79 Å². The highest BCUT2D eigenvalue weighted by Gasteiger charge is 2.09. The van der Waals surface area contributed by atoms with Gasteiger partial charge in [0.05, 0.1) is 5.56 Å².